The van der Waals surface area contributed by atoms with E-state index in [9.17, 15) is 25.2 Å². The molecular weight excluding hydrogens is 657 g/mol. The highest BCUT2D eigenvalue weighted by atomic mass is 16.3. The first-order valence-electron chi connectivity index (χ1n) is 22.7. The van der Waals surface area contributed by atoms with Crippen molar-refractivity contribution in [2.45, 2.75) is 187 Å². The van der Waals surface area contributed by atoms with E-state index in [1.807, 2.05) is 6.08 Å². The van der Waals surface area contributed by atoms with E-state index >= 15 is 0 Å². The molecule has 5 heteroatoms. The summed E-state index contributed by atoms with van der Waals surface area (Å²) in [5.41, 5.74) is 6.30. The Hall–Kier alpha value is -1.27. The Bertz CT molecular complexity index is 1560. The normalized spacial score (nSPS) is 47.4. The molecule has 0 aromatic carbocycles. The molecule has 13 unspecified atom stereocenters. The molecular formula is C48H72O5. The first-order valence-corrected chi connectivity index (χ1v) is 22.7. The summed E-state index contributed by atoms with van der Waals surface area (Å²) in [5, 5.41) is 48.3. The van der Waals surface area contributed by atoms with Crippen molar-refractivity contribution in [1.29, 1.82) is 0 Å². The number of aliphatic hydroxyl groups excluding tert-OH is 3. The van der Waals surface area contributed by atoms with E-state index in [-0.39, 0.29) is 35.4 Å². The second-order valence-corrected chi connectivity index (χ2v) is 21.6. The van der Waals surface area contributed by atoms with Crippen LogP contribution in [0.1, 0.15) is 163 Å². The third-order valence-corrected chi connectivity index (χ3v) is 18.7. The molecule has 294 valence electrons. The maximum atomic E-state index is 14.3. The molecule has 53 heavy (non-hydrogen) atoms. The molecule has 0 aliphatic heterocycles. The average Bonchev–Trinajstić information content (AvgIpc) is 3.69. The van der Waals surface area contributed by atoms with Gasteiger partial charge in [-0.2, -0.15) is 0 Å². The van der Waals surface area contributed by atoms with Gasteiger partial charge in [0.05, 0.1) is 23.9 Å². The van der Waals surface area contributed by atoms with E-state index in [1.54, 1.807) is 22.3 Å². The monoisotopic (exact) mass is 729 g/mol. The van der Waals surface area contributed by atoms with Crippen molar-refractivity contribution in [3.8, 4) is 0 Å². The van der Waals surface area contributed by atoms with Gasteiger partial charge >= 0.3 is 0 Å². The van der Waals surface area contributed by atoms with Gasteiger partial charge in [0, 0.05) is 23.2 Å². The van der Waals surface area contributed by atoms with Gasteiger partial charge in [-0.3, -0.25) is 4.79 Å². The van der Waals surface area contributed by atoms with E-state index in [0.29, 0.717) is 48.3 Å². The molecule has 9 aliphatic carbocycles. The fourth-order valence-electron chi connectivity index (χ4n) is 16.7. The maximum absolute atomic E-state index is 14.3. The van der Waals surface area contributed by atoms with E-state index in [4.69, 9.17) is 0 Å². The Balaban J connectivity index is 1.08. The van der Waals surface area contributed by atoms with Crippen LogP contribution in [0.2, 0.25) is 0 Å². The first kappa shape index (κ1) is 37.3. The van der Waals surface area contributed by atoms with E-state index < -0.39 is 34.7 Å². The lowest BCUT2D eigenvalue weighted by Crippen LogP contribution is -2.62. The van der Waals surface area contributed by atoms with Gasteiger partial charge in [0.2, 0.25) is 0 Å². The lowest BCUT2D eigenvalue weighted by atomic mass is 9.43. The van der Waals surface area contributed by atoms with Crippen molar-refractivity contribution < 1.29 is 25.2 Å². The van der Waals surface area contributed by atoms with Crippen molar-refractivity contribution in [3.63, 3.8) is 0 Å². The zero-order valence-corrected chi connectivity index (χ0v) is 33.8. The summed E-state index contributed by atoms with van der Waals surface area (Å²) in [6.45, 7) is 11.6. The molecule has 0 heterocycles. The number of rotatable bonds is 6. The highest BCUT2D eigenvalue weighted by molar-refractivity contribution is 5.95. The molecule has 13 atom stereocenters. The van der Waals surface area contributed by atoms with Crippen LogP contribution in [0.3, 0.4) is 0 Å². The molecule has 9 rings (SSSR count). The Morgan fingerprint density at radius 2 is 1.57 bits per heavy atom. The van der Waals surface area contributed by atoms with Crippen LogP contribution in [-0.4, -0.2) is 50.1 Å². The van der Waals surface area contributed by atoms with Crippen LogP contribution in [-0.2, 0) is 4.79 Å². The number of allylic oxidation sites excluding steroid dienone is 3. The average molecular weight is 729 g/mol. The molecule has 4 N–H and O–H groups in total. The van der Waals surface area contributed by atoms with Crippen LogP contribution in [0.4, 0.5) is 0 Å². The van der Waals surface area contributed by atoms with Gasteiger partial charge in [0.1, 0.15) is 0 Å². The topological polar surface area (TPSA) is 98.0 Å². The van der Waals surface area contributed by atoms with Gasteiger partial charge in [0.15, 0.2) is 5.78 Å². The molecule has 0 saturated heterocycles. The molecule has 6 saturated carbocycles. The summed E-state index contributed by atoms with van der Waals surface area (Å²) < 4.78 is 0. The minimum atomic E-state index is -1.09. The van der Waals surface area contributed by atoms with Crippen LogP contribution in [0.15, 0.2) is 33.9 Å². The Morgan fingerprint density at radius 1 is 0.830 bits per heavy atom. The summed E-state index contributed by atoms with van der Waals surface area (Å²) in [5.74, 6) is 2.45. The molecule has 6 fully saturated rings. The minimum Gasteiger partial charge on any atom is -0.392 e. The van der Waals surface area contributed by atoms with Gasteiger partial charge in [-0.15, -0.1) is 0 Å². The van der Waals surface area contributed by atoms with E-state index in [2.05, 4.69) is 34.6 Å². The third-order valence-electron chi connectivity index (χ3n) is 18.7. The number of hydrogen-bond donors (Lipinski definition) is 4. The van der Waals surface area contributed by atoms with Gasteiger partial charge in [-0.25, -0.2) is 0 Å². The Kier molecular flexibility index (Phi) is 9.25. The number of carbonyl (C=O) groups excluding carboxylic acids is 1. The second-order valence-electron chi connectivity index (χ2n) is 21.6. The highest BCUT2D eigenvalue weighted by Crippen LogP contribution is 2.72. The van der Waals surface area contributed by atoms with Crippen molar-refractivity contribution in [2.75, 3.05) is 0 Å². The Morgan fingerprint density at radius 3 is 2.30 bits per heavy atom. The van der Waals surface area contributed by atoms with Crippen LogP contribution < -0.4 is 0 Å². The van der Waals surface area contributed by atoms with E-state index in [1.165, 1.54) is 64.2 Å². The van der Waals surface area contributed by atoms with Crippen molar-refractivity contribution in [2.24, 2.45) is 69.5 Å². The zero-order valence-electron chi connectivity index (χ0n) is 33.8. The summed E-state index contributed by atoms with van der Waals surface area (Å²) in [4.78, 5) is 14.3. The quantitative estimate of drug-likeness (QED) is 0.205. The van der Waals surface area contributed by atoms with Gasteiger partial charge < -0.3 is 20.4 Å². The van der Waals surface area contributed by atoms with Crippen LogP contribution >= 0.6 is 0 Å². The zero-order chi connectivity index (χ0) is 37.2. The summed E-state index contributed by atoms with van der Waals surface area (Å²) in [6.07, 6.45) is 21.0. The van der Waals surface area contributed by atoms with Crippen LogP contribution in [0.5, 0.6) is 0 Å². The fourth-order valence-corrected chi connectivity index (χ4v) is 16.7. The lowest BCUT2D eigenvalue weighted by Gasteiger charge is -2.62. The fraction of sp³-hybridized carbons (Fsp3) is 0.854. The molecule has 0 aromatic rings. The van der Waals surface area contributed by atoms with Gasteiger partial charge in [-0.1, -0.05) is 82.6 Å². The number of hydrogen-bond acceptors (Lipinski definition) is 5. The highest BCUT2D eigenvalue weighted by Gasteiger charge is 2.69. The number of ketones is 1. The molecule has 0 radical (unpaired) electrons. The summed E-state index contributed by atoms with van der Waals surface area (Å²) >= 11 is 0. The predicted molar refractivity (Wildman–Crippen MR) is 210 cm³/mol. The molecule has 5 nitrogen and oxygen atoms in total. The predicted octanol–water partition coefficient (Wildman–Crippen LogP) is 9.42. The van der Waals surface area contributed by atoms with Gasteiger partial charge in [0.25, 0.3) is 0 Å². The molecule has 0 amide bonds. The van der Waals surface area contributed by atoms with E-state index in [0.717, 1.165) is 50.5 Å². The molecule has 0 aromatic heterocycles. The Labute approximate surface area is 320 Å². The second kappa shape index (κ2) is 13.1. The smallest absolute Gasteiger partial charge is 0.159 e. The maximum Gasteiger partial charge on any atom is 0.159 e. The number of aliphatic hydroxyl groups is 4. The SMILES string of the molecule is CC(C)CCCC12CC(O)C(O)CC1C(=O)C=C1C2CCC2(C)C(C3CC4CCCC5=C4C(C(C(C)C)=C4CCCC6(CCCC6)C45)C3O)CCC12O. The van der Waals surface area contributed by atoms with Gasteiger partial charge in [-0.05, 0) is 161 Å². The standard InChI is InChI=1S/C48H72O5/c1-27(2)11-9-20-47-26-39(51)38(50)25-36(47)37(49)24-35-34(47)15-21-45(5)33(16-22-48(35,45)53)32-23-29-12-8-13-31-41(29)42(44(32)52)40(28(3)4)30-14-10-19-46(43(30)31)17-6-7-18-46/h24,27-29,32-34,36,38-39,42-44,50-53H,6-23,25-26H2,1-5H3. The third kappa shape index (κ3) is 5.23. The number of fused-ring (bicyclic) bond motifs is 8. The van der Waals surface area contributed by atoms with Crippen LogP contribution in [0.25, 0.3) is 0 Å². The molecule has 0 bridgehead atoms. The first-order chi connectivity index (χ1) is 25.3. The largest absolute Gasteiger partial charge is 0.392 e. The summed E-state index contributed by atoms with van der Waals surface area (Å²) in [7, 11) is 0. The minimum absolute atomic E-state index is 0.0461. The molecule has 1 spiro atoms. The molecule has 9 aliphatic rings. The lowest BCUT2D eigenvalue weighted by molar-refractivity contribution is -0.161. The number of carbonyl (C=O) groups is 1. The van der Waals surface area contributed by atoms with Crippen molar-refractivity contribution in [3.05, 3.63) is 33.9 Å². The van der Waals surface area contributed by atoms with Crippen molar-refractivity contribution in [1.82, 2.24) is 0 Å². The van der Waals surface area contributed by atoms with Crippen molar-refractivity contribution >= 4 is 5.78 Å². The summed E-state index contributed by atoms with van der Waals surface area (Å²) in [6, 6.07) is 0. The van der Waals surface area contributed by atoms with Crippen LogP contribution in [0, 0.1) is 69.5 Å².